The van der Waals surface area contributed by atoms with Gasteiger partial charge < -0.3 is 10.6 Å². The topological polar surface area (TPSA) is 58.2 Å². The molecular formula is C20H22Cl2N2O2S. The highest BCUT2D eigenvalue weighted by atomic mass is 35.5. The summed E-state index contributed by atoms with van der Waals surface area (Å²) in [4.78, 5) is 23.6. The van der Waals surface area contributed by atoms with Crippen molar-refractivity contribution in [3.05, 3.63) is 69.7 Å². The number of rotatable bonds is 10. The zero-order chi connectivity index (χ0) is 19.5. The van der Waals surface area contributed by atoms with Gasteiger partial charge in [-0.15, -0.1) is 11.8 Å². The van der Waals surface area contributed by atoms with Crippen LogP contribution >= 0.6 is 35.0 Å². The van der Waals surface area contributed by atoms with Crippen molar-refractivity contribution >= 4 is 46.8 Å². The summed E-state index contributed by atoms with van der Waals surface area (Å²) in [5.41, 5.74) is 2.16. The minimum atomic E-state index is -0.0752. The van der Waals surface area contributed by atoms with Crippen LogP contribution in [0.1, 0.15) is 11.1 Å². The van der Waals surface area contributed by atoms with E-state index in [0.29, 0.717) is 23.1 Å². The van der Waals surface area contributed by atoms with Crippen molar-refractivity contribution in [3.63, 3.8) is 0 Å². The maximum Gasteiger partial charge on any atom is 0.230 e. The first-order valence-electron chi connectivity index (χ1n) is 8.63. The lowest BCUT2D eigenvalue weighted by atomic mass is 10.1. The van der Waals surface area contributed by atoms with Gasteiger partial charge in [-0.3, -0.25) is 9.59 Å². The largest absolute Gasteiger partial charge is 0.355 e. The molecule has 0 aliphatic heterocycles. The lowest BCUT2D eigenvalue weighted by molar-refractivity contribution is -0.118. The molecule has 27 heavy (non-hydrogen) atoms. The Kier molecular flexibility index (Phi) is 9.53. The van der Waals surface area contributed by atoms with E-state index < -0.39 is 0 Å². The predicted molar refractivity (Wildman–Crippen MR) is 114 cm³/mol. The molecule has 2 aromatic carbocycles. The molecule has 7 heteroatoms. The van der Waals surface area contributed by atoms with Gasteiger partial charge in [0.05, 0.1) is 11.5 Å². The molecular weight excluding hydrogens is 403 g/mol. The number of amides is 2. The fourth-order valence-electron chi connectivity index (χ4n) is 2.42. The summed E-state index contributed by atoms with van der Waals surface area (Å²) in [6.45, 7) is 1.09. The molecule has 2 N–H and O–H groups in total. The summed E-state index contributed by atoms with van der Waals surface area (Å²) in [6.07, 6.45) is 1.45. The molecule has 0 saturated heterocycles. The highest BCUT2D eigenvalue weighted by Gasteiger charge is 2.06. The molecule has 0 saturated carbocycles. The van der Waals surface area contributed by atoms with Crippen LogP contribution < -0.4 is 10.6 Å². The average Bonchev–Trinajstić information content (AvgIpc) is 2.62. The number of benzene rings is 2. The molecule has 0 radical (unpaired) electrons. The molecule has 2 rings (SSSR count). The summed E-state index contributed by atoms with van der Waals surface area (Å²) >= 11 is 13.2. The smallest absolute Gasteiger partial charge is 0.230 e. The van der Waals surface area contributed by atoms with Crippen molar-refractivity contribution in [1.82, 2.24) is 10.6 Å². The Balaban J connectivity index is 1.53. The van der Waals surface area contributed by atoms with Gasteiger partial charge in [-0.2, -0.15) is 0 Å². The number of carbonyl (C=O) groups excluding carboxylic acids is 2. The van der Waals surface area contributed by atoms with Gasteiger partial charge in [0.2, 0.25) is 11.8 Å². The highest BCUT2D eigenvalue weighted by molar-refractivity contribution is 8.00. The van der Waals surface area contributed by atoms with Crippen LogP contribution in [0.3, 0.4) is 0 Å². The van der Waals surface area contributed by atoms with Crippen molar-refractivity contribution in [2.24, 2.45) is 0 Å². The number of hydrogen-bond acceptors (Lipinski definition) is 3. The van der Waals surface area contributed by atoms with Crippen LogP contribution in [0.5, 0.6) is 0 Å². The Labute approximate surface area is 174 Å². The highest BCUT2D eigenvalue weighted by Crippen LogP contribution is 2.11. The predicted octanol–water partition coefficient (Wildman–Crippen LogP) is 3.74. The number of nitrogens with one attached hydrogen (secondary N) is 2. The van der Waals surface area contributed by atoms with Gasteiger partial charge in [0.25, 0.3) is 0 Å². The zero-order valence-corrected chi connectivity index (χ0v) is 17.2. The third-order valence-corrected chi connectivity index (χ3v) is 5.12. The maximum absolute atomic E-state index is 11.8. The van der Waals surface area contributed by atoms with E-state index in [9.17, 15) is 9.59 Å². The molecule has 2 amide bonds. The van der Waals surface area contributed by atoms with E-state index in [-0.39, 0.29) is 23.3 Å². The van der Waals surface area contributed by atoms with Crippen LogP contribution in [0.2, 0.25) is 10.0 Å². The molecule has 0 aliphatic rings. The quantitative estimate of drug-likeness (QED) is 0.610. The van der Waals surface area contributed by atoms with Crippen LogP contribution in [0.25, 0.3) is 0 Å². The van der Waals surface area contributed by atoms with E-state index in [4.69, 9.17) is 23.2 Å². The first kappa shape index (κ1) is 21.6. The Hall–Kier alpha value is -1.69. The molecule has 0 fully saturated rings. The third-order valence-electron chi connectivity index (χ3n) is 3.72. The standard InChI is InChI=1S/C20H22Cl2N2O2S/c21-17-5-1-3-15(11-17)7-9-23-19(25)13-27-14-20(26)24-10-8-16-4-2-6-18(22)12-16/h1-6,11-12H,7-10,13-14H2,(H,23,25)(H,24,26). The Morgan fingerprint density at radius 1 is 0.778 bits per heavy atom. The average molecular weight is 425 g/mol. The fraction of sp³-hybridized carbons (Fsp3) is 0.300. The van der Waals surface area contributed by atoms with Gasteiger partial charge in [-0.05, 0) is 48.2 Å². The van der Waals surface area contributed by atoms with E-state index in [1.165, 1.54) is 11.8 Å². The van der Waals surface area contributed by atoms with E-state index in [0.717, 1.165) is 24.0 Å². The summed E-state index contributed by atoms with van der Waals surface area (Å²) in [7, 11) is 0. The van der Waals surface area contributed by atoms with E-state index >= 15 is 0 Å². The SMILES string of the molecule is O=C(CSCC(=O)NCCc1cccc(Cl)c1)NCCc1cccc(Cl)c1. The van der Waals surface area contributed by atoms with Gasteiger partial charge in [0.1, 0.15) is 0 Å². The van der Waals surface area contributed by atoms with Gasteiger partial charge >= 0.3 is 0 Å². The summed E-state index contributed by atoms with van der Waals surface area (Å²) in [5, 5.41) is 7.08. The van der Waals surface area contributed by atoms with E-state index in [1.54, 1.807) is 0 Å². The Morgan fingerprint density at radius 3 is 1.63 bits per heavy atom. The monoisotopic (exact) mass is 424 g/mol. The second-order valence-electron chi connectivity index (χ2n) is 5.95. The zero-order valence-electron chi connectivity index (χ0n) is 14.8. The molecule has 2 aromatic rings. The molecule has 4 nitrogen and oxygen atoms in total. The summed E-state index contributed by atoms with van der Waals surface area (Å²) in [5.74, 6) is 0.372. The molecule has 0 unspecified atom stereocenters. The molecule has 0 atom stereocenters. The molecule has 0 aromatic heterocycles. The molecule has 0 spiro atoms. The summed E-state index contributed by atoms with van der Waals surface area (Å²) in [6, 6.07) is 15.1. The van der Waals surface area contributed by atoms with Gasteiger partial charge in [-0.1, -0.05) is 47.5 Å². The first-order chi connectivity index (χ1) is 13.0. The van der Waals surface area contributed by atoms with Crippen LogP contribution in [-0.2, 0) is 22.4 Å². The first-order valence-corrected chi connectivity index (χ1v) is 10.5. The number of halogens is 2. The van der Waals surface area contributed by atoms with Crippen LogP contribution in [-0.4, -0.2) is 36.4 Å². The number of thioether (sulfide) groups is 1. The van der Waals surface area contributed by atoms with Crippen molar-refractivity contribution in [2.45, 2.75) is 12.8 Å². The number of hydrogen-bond donors (Lipinski definition) is 2. The van der Waals surface area contributed by atoms with Crippen LogP contribution in [0.4, 0.5) is 0 Å². The fourth-order valence-corrected chi connectivity index (χ4v) is 3.52. The van der Waals surface area contributed by atoms with E-state index in [2.05, 4.69) is 10.6 Å². The minimum absolute atomic E-state index is 0.0752. The Bertz CT molecular complexity index is 708. The maximum atomic E-state index is 11.8. The van der Waals surface area contributed by atoms with Crippen LogP contribution in [0, 0.1) is 0 Å². The van der Waals surface area contributed by atoms with Crippen molar-refractivity contribution in [3.8, 4) is 0 Å². The molecule has 0 aliphatic carbocycles. The van der Waals surface area contributed by atoms with Crippen LogP contribution in [0.15, 0.2) is 48.5 Å². The van der Waals surface area contributed by atoms with E-state index in [1.807, 2.05) is 48.5 Å². The lowest BCUT2D eigenvalue weighted by Gasteiger charge is -2.07. The van der Waals surface area contributed by atoms with Crippen molar-refractivity contribution in [2.75, 3.05) is 24.6 Å². The van der Waals surface area contributed by atoms with Crippen molar-refractivity contribution < 1.29 is 9.59 Å². The normalized spacial score (nSPS) is 10.4. The molecule has 0 bridgehead atoms. The lowest BCUT2D eigenvalue weighted by Crippen LogP contribution is -2.30. The van der Waals surface area contributed by atoms with Gasteiger partial charge in [0, 0.05) is 23.1 Å². The Morgan fingerprint density at radius 2 is 1.22 bits per heavy atom. The van der Waals surface area contributed by atoms with Gasteiger partial charge in [0.15, 0.2) is 0 Å². The third kappa shape index (κ3) is 9.18. The molecule has 0 heterocycles. The second kappa shape index (κ2) is 11.9. The second-order valence-corrected chi connectivity index (χ2v) is 7.81. The number of carbonyl (C=O) groups is 2. The van der Waals surface area contributed by atoms with Crippen molar-refractivity contribution in [1.29, 1.82) is 0 Å². The minimum Gasteiger partial charge on any atom is -0.355 e. The molecule has 144 valence electrons. The van der Waals surface area contributed by atoms with Gasteiger partial charge in [-0.25, -0.2) is 0 Å². The summed E-state index contributed by atoms with van der Waals surface area (Å²) < 4.78 is 0.